The van der Waals surface area contributed by atoms with Gasteiger partial charge in [-0.15, -0.1) is 0 Å². The fourth-order valence-electron chi connectivity index (χ4n) is 0.986. The van der Waals surface area contributed by atoms with Gasteiger partial charge in [0.25, 0.3) is 0 Å². The van der Waals surface area contributed by atoms with Gasteiger partial charge in [0.05, 0.1) is 0 Å². The van der Waals surface area contributed by atoms with Crippen molar-refractivity contribution in [3.63, 3.8) is 0 Å². The van der Waals surface area contributed by atoms with Crippen molar-refractivity contribution in [1.82, 2.24) is 0 Å². The van der Waals surface area contributed by atoms with Gasteiger partial charge in [-0.25, -0.2) is 0 Å². The first-order valence-electron chi connectivity index (χ1n) is 3.89. The summed E-state index contributed by atoms with van der Waals surface area (Å²) in [6.45, 7) is 9.91. The highest BCUT2D eigenvalue weighted by Gasteiger charge is 1.97. The molecule has 0 fully saturated rings. The fraction of sp³-hybridized carbons (Fsp3) is 0.778. The van der Waals surface area contributed by atoms with Crippen molar-refractivity contribution in [3.05, 3.63) is 13.8 Å². The quantitative estimate of drug-likeness (QED) is 0.530. The summed E-state index contributed by atoms with van der Waals surface area (Å²) in [5.41, 5.74) is 0. The molecular formula is C9H18. The molecular weight excluding hydrogens is 108 g/mol. The molecule has 0 aliphatic rings. The van der Waals surface area contributed by atoms with Gasteiger partial charge in [0.1, 0.15) is 0 Å². The molecule has 54 valence electrons. The monoisotopic (exact) mass is 126 g/mol. The molecule has 0 nitrogen and oxygen atoms in total. The normalized spacial score (nSPS) is 13.7. The zero-order valence-corrected chi connectivity index (χ0v) is 6.53. The summed E-state index contributed by atoms with van der Waals surface area (Å²) in [5, 5.41) is 0. The van der Waals surface area contributed by atoms with Gasteiger partial charge in [-0.3, -0.25) is 0 Å². The second-order valence-corrected chi connectivity index (χ2v) is 2.74. The van der Waals surface area contributed by atoms with Gasteiger partial charge in [0.15, 0.2) is 0 Å². The van der Waals surface area contributed by atoms with Crippen molar-refractivity contribution in [2.75, 3.05) is 0 Å². The lowest BCUT2D eigenvalue weighted by Gasteiger charge is -2.06. The number of hydrogen-bond donors (Lipinski definition) is 0. The van der Waals surface area contributed by atoms with Gasteiger partial charge in [-0.1, -0.05) is 52.9 Å². The molecule has 0 amide bonds. The van der Waals surface area contributed by atoms with Crippen LogP contribution in [0.1, 0.15) is 39.0 Å². The Balaban J connectivity index is 2.95. The Morgan fingerprint density at radius 3 is 2.22 bits per heavy atom. The first-order chi connectivity index (χ1) is 4.31. The van der Waals surface area contributed by atoms with Crippen molar-refractivity contribution in [1.29, 1.82) is 0 Å². The van der Waals surface area contributed by atoms with E-state index in [2.05, 4.69) is 20.8 Å². The largest absolute Gasteiger partial charge is 0.0625 e. The van der Waals surface area contributed by atoms with Gasteiger partial charge >= 0.3 is 0 Å². The van der Waals surface area contributed by atoms with Gasteiger partial charge in [0, 0.05) is 0 Å². The molecule has 1 atom stereocenters. The van der Waals surface area contributed by atoms with Gasteiger partial charge in [-0.2, -0.15) is 0 Å². The zero-order chi connectivity index (χ0) is 7.11. The van der Waals surface area contributed by atoms with Crippen molar-refractivity contribution >= 4 is 0 Å². The lowest BCUT2D eigenvalue weighted by Crippen LogP contribution is -1.92. The molecule has 0 rings (SSSR count). The maximum atomic E-state index is 3.82. The van der Waals surface area contributed by atoms with Crippen LogP contribution in [-0.2, 0) is 0 Å². The van der Waals surface area contributed by atoms with Crippen LogP contribution in [0.2, 0.25) is 0 Å². The molecule has 0 aliphatic carbocycles. The molecule has 0 saturated carbocycles. The van der Waals surface area contributed by atoms with Crippen LogP contribution >= 0.6 is 0 Å². The fourth-order valence-corrected chi connectivity index (χ4v) is 0.986. The predicted molar refractivity (Wildman–Crippen MR) is 43.0 cm³/mol. The predicted octanol–water partition coefficient (Wildman–Crippen LogP) is 3.24. The Hall–Kier alpha value is 0. The minimum Gasteiger partial charge on any atom is -0.0625 e. The molecule has 0 bridgehead atoms. The molecule has 0 aliphatic heterocycles. The Morgan fingerprint density at radius 2 is 1.78 bits per heavy atom. The summed E-state index contributed by atoms with van der Waals surface area (Å²) < 4.78 is 0. The van der Waals surface area contributed by atoms with E-state index in [1.165, 1.54) is 19.3 Å². The summed E-state index contributed by atoms with van der Waals surface area (Å²) in [5.74, 6) is 0.865. The first-order valence-corrected chi connectivity index (χ1v) is 3.89. The molecule has 0 heteroatoms. The smallest absolute Gasteiger partial charge is 0.0443 e. The molecule has 0 heterocycles. The summed E-state index contributed by atoms with van der Waals surface area (Å²) in [6, 6.07) is 0. The van der Waals surface area contributed by atoms with Crippen LogP contribution in [0.15, 0.2) is 0 Å². The zero-order valence-electron chi connectivity index (χ0n) is 6.53. The highest BCUT2D eigenvalue weighted by Crippen LogP contribution is 2.12. The van der Waals surface area contributed by atoms with E-state index in [0.717, 1.165) is 18.8 Å². The third kappa shape index (κ3) is 5.88. The highest BCUT2D eigenvalue weighted by atomic mass is 14.0. The average molecular weight is 126 g/mol. The summed E-state index contributed by atoms with van der Waals surface area (Å²) in [6.07, 6.45) is 6.06. The van der Waals surface area contributed by atoms with E-state index in [1.54, 1.807) is 0 Å². The minimum atomic E-state index is 0.865. The molecule has 9 heavy (non-hydrogen) atoms. The molecule has 0 aromatic rings. The van der Waals surface area contributed by atoms with Crippen LogP contribution in [0.5, 0.6) is 0 Å². The van der Waals surface area contributed by atoms with Crippen LogP contribution in [-0.4, -0.2) is 0 Å². The first kappa shape index (κ1) is 9.00. The van der Waals surface area contributed by atoms with Crippen LogP contribution in [0, 0.1) is 19.8 Å². The topological polar surface area (TPSA) is 0 Å². The molecule has 2 radical (unpaired) electrons. The van der Waals surface area contributed by atoms with E-state index in [1.807, 2.05) is 0 Å². The van der Waals surface area contributed by atoms with E-state index < -0.39 is 0 Å². The Labute approximate surface area is 59.7 Å². The average Bonchev–Trinajstić information content (AvgIpc) is 1.85. The minimum absolute atomic E-state index is 0.865. The van der Waals surface area contributed by atoms with E-state index in [0.29, 0.717) is 0 Å². The second-order valence-electron chi connectivity index (χ2n) is 2.74. The van der Waals surface area contributed by atoms with Gasteiger partial charge in [0.2, 0.25) is 0 Å². The molecule has 0 aromatic carbocycles. The SMILES string of the molecule is [CH2]CCCC(C)CC[CH2]. The van der Waals surface area contributed by atoms with E-state index in [4.69, 9.17) is 0 Å². The molecule has 0 N–H and O–H groups in total. The maximum Gasteiger partial charge on any atom is -0.0443 e. The van der Waals surface area contributed by atoms with Crippen molar-refractivity contribution in [3.8, 4) is 0 Å². The van der Waals surface area contributed by atoms with Crippen LogP contribution < -0.4 is 0 Å². The van der Waals surface area contributed by atoms with Crippen molar-refractivity contribution in [2.24, 2.45) is 5.92 Å². The third-order valence-corrected chi connectivity index (χ3v) is 1.64. The lowest BCUT2D eigenvalue weighted by atomic mass is 10.00. The van der Waals surface area contributed by atoms with E-state index in [-0.39, 0.29) is 0 Å². The summed E-state index contributed by atoms with van der Waals surface area (Å²) >= 11 is 0. The van der Waals surface area contributed by atoms with Gasteiger partial charge < -0.3 is 0 Å². The van der Waals surface area contributed by atoms with Crippen LogP contribution in [0.25, 0.3) is 0 Å². The van der Waals surface area contributed by atoms with E-state index >= 15 is 0 Å². The maximum absolute atomic E-state index is 3.82. The molecule has 0 saturated heterocycles. The van der Waals surface area contributed by atoms with Gasteiger partial charge in [-0.05, 0) is 5.92 Å². The summed E-state index contributed by atoms with van der Waals surface area (Å²) in [7, 11) is 0. The van der Waals surface area contributed by atoms with Crippen molar-refractivity contribution < 1.29 is 0 Å². The number of unbranched alkanes of at least 4 members (excludes halogenated alkanes) is 1. The Kier molecular flexibility index (Phi) is 6.12. The Morgan fingerprint density at radius 1 is 1.11 bits per heavy atom. The van der Waals surface area contributed by atoms with Crippen molar-refractivity contribution in [2.45, 2.75) is 39.0 Å². The molecule has 0 aromatic heterocycles. The second kappa shape index (κ2) is 6.12. The number of hydrogen-bond acceptors (Lipinski definition) is 0. The number of rotatable bonds is 5. The van der Waals surface area contributed by atoms with Crippen LogP contribution in [0.3, 0.4) is 0 Å². The molecule has 1 unspecified atom stereocenters. The highest BCUT2D eigenvalue weighted by molar-refractivity contribution is 4.54. The lowest BCUT2D eigenvalue weighted by molar-refractivity contribution is 0.480. The molecule has 0 spiro atoms. The summed E-state index contributed by atoms with van der Waals surface area (Å²) in [4.78, 5) is 0. The Bertz CT molecular complexity index is 48.0. The van der Waals surface area contributed by atoms with E-state index in [9.17, 15) is 0 Å². The third-order valence-electron chi connectivity index (χ3n) is 1.64. The standard InChI is InChI=1S/C9H18/c1-4-6-8-9(3)7-5-2/h9H,1-2,4-8H2,3H3. The van der Waals surface area contributed by atoms with Crippen LogP contribution in [0.4, 0.5) is 0 Å².